The Morgan fingerprint density at radius 2 is 2.07 bits per heavy atom. The van der Waals surface area contributed by atoms with Crippen molar-refractivity contribution in [1.29, 1.82) is 0 Å². The van der Waals surface area contributed by atoms with Crippen molar-refractivity contribution < 1.29 is 14.6 Å². The molecule has 2 fully saturated rings. The van der Waals surface area contributed by atoms with E-state index >= 15 is 0 Å². The smallest absolute Gasteiger partial charge is 0.134 e. The number of piperidine rings is 1. The molecule has 4 rings (SSSR count). The average molecular weight is 406 g/mol. The first-order valence-corrected chi connectivity index (χ1v) is 10.0. The molecule has 1 saturated carbocycles. The summed E-state index contributed by atoms with van der Waals surface area (Å²) in [7, 11) is 1.81. The predicted octanol–water partition coefficient (Wildman–Crippen LogP) is 4.03. The lowest BCUT2D eigenvalue weighted by atomic mass is 9.46. The molecule has 28 heavy (non-hydrogen) atoms. The summed E-state index contributed by atoms with van der Waals surface area (Å²) in [6.07, 6.45) is 4.79. The van der Waals surface area contributed by atoms with Gasteiger partial charge in [0.2, 0.25) is 0 Å². The number of fused-ring (bicyclic) bond motifs is 1. The van der Waals surface area contributed by atoms with Crippen molar-refractivity contribution >= 4 is 18.2 Å². The number of phenolic OH excluding ortho intramolecular Hbond substituents is 1. The van der Waals surface area contributed by atoms with E-state index in [9.17, 15) is 9.90 Å². The number of methoxy groups -OCH3 is 1. The van der Waals surface area contributed by atoms with Crippen molar-refractivity contribution in [3.63, 3.8) is 0 Å². The van der Waals surface area contributed by atoms with Gasteiger partial charge in [0.05, 0.1) is 5.60 Å². The predicted molar refractivity (Wildman–Crippen MR) is 113 cm³/mol. The summed E-state index contributed by atoms with van der Waals surface area (Å²) in [4.78, 5) is 15.3. The third kappa shape index (κ3) is 2.54. The minimum Gasteiger partial charge on any atom is -0.508 e. The maximum absolute atomic E-state index is 12.8. The summed E-state index contributed by atoms with van der Waals surface area (Å²) in [5.41, 5.74) is 1.38. The number of Topliss-reactive ketones (excluding diaryl/α,β-unsaturated/α-hetero) is 1. The zero-order chi connectivity index (χ0) is 19.6. The molecule has 4 nitrogen and oxygen atoms in total. The highest BCUT2D eigenvalue weighted by Gasteiger charge is 2.69. The van der Waals surface area contributed by atoms with Crippen LogP contribution in [0.15, 0.2) is 30.9 Å². The highest BCUT2D eigenvalue weighted by molar-refractivity contribution is 5.85. The minimum atomic E-state index is -0.444. The van der Waals surface area contributed by atoms with Crippen LogP contribution in [-0.4, -0.2) is 46.6 Å². The van der Waals surface area contributed by atoms with Crippen LogP contribution >= 0.6 is 12.4 Å². The summed E-state index contributed by atoms with van der Waals surface area (Å²) in [6, 6.07) is 5.86. The van der Waals surface area contributed by atoms with Crippen molar-refractivity contribution in [2.75, 3.05) is 13.7 Å². The lowest BCUT2D eigenvalue weighted by Crippen LogP contribution is -2.78. The van der Waals surface area contributed by atoms with Gasteiger partial charge in [-0.2, -0.15) is 0 Å². The normalized spacial score (nSPS) is 34.8. The summed E-state index contributed by atoms with van der Waals surface area (Å²) < 4.78 is 6.46. The van der Waals surface area contributed by atoms with Crippen LogP contribution in [0.1, 0.15) is 51.2 Å². The van der Waals surface area contributed by atoms with E-state index in [2.05, 4.69) is 32.3 Å². The molecule has 1 aliphatic heterocycles. The topological polar surface area (TPSA) is 49.8 Å². The molecule has 1 unspecified atom stereocenters. The molecule has 2 bridgehead atoms. The lowest BCUT2D eigenvalue weighted by molar-refractivity contribution is -0.218. The van der Waals surface area contributed by atoms with Gasteiger partial charge < -0.3 is 9.84 Å². The van der Waals surface area contributed by atoms with Crippen LogP contribution in [0.2, 0.25) is 0 Å². The van der Waals surface area contributed by atoms with Gasteiger partial charge in [0, 0.05) is 43.5 Å². The molecule has 2 aliphatic carbocycles. The maximum Gasteiger partial charge on any atom is 0.134 e. The number of rotatable bonds is 3. The number of ether oxygens (including phenoxy) is 1. The molecule has 1 aromatic carbocycles. The van der Waals surface area contributed by atoms with Crippen molar-refractivity contribution in [3.8, 4) is 5.75 Å². The number of nitrogens with zero attached hydrogens (tertiary/aromatic N) is 1. The van der Waals surface area contributed by atoms with Gasteiger partial charge in [0.1, 0.15) is 11.5 Å². The fourth-order valence-electron chi connectivity index (χ4n) is 6.58. The van der Waals surface area contributed by atoms with Crippen LogP contribution in [0.5, 0.6) is 5.75 Å². The summed E-state index contributed by atoms with van der Waals surface area (Å²) in [6.45, 7) is 11.6. The van der Waals surface area contributed by atoms with Crippen LogP contribution in [0.4, 0.5) is 0 Å². The van der Waals surface area contributed by atoms with Gasteiger partial charge in [0.25, 0.3) is 0 Å². The summed E-state index contributed by atoms with van der Waals surface area (Å²) in [5, 5.41) is 10.2. The molecular formula is C23H32ClNO3. The van der Waals surface area contributed by atoms with Crippen molar-refractivity contribution in [2.45, 2.75) is 69.1 Å². The van der Waals surface area contributed by atoms with Gasteiger partial charge in [-0.25, -0.2) is 0 Å². The fourth-order valence-corrected chi connectivity index (χ4v) is 6.58. The summed E-state index contributed by atoms with van der Waals surface area (Å²) >= 11 is 0. The van der Waals surface area contributed by atoms with Gasteiger partial charge in [-0.1, -0.05) is 19.1 Å². The number of halogens is 1. The standard InChI is InChI=1S/C23H31NO3.ClH/c1-6-21(3,4)24-10-9-22-14-18(26)11-15(2)23(22,27-5)20(24)12-16-7-8-17(25)13-19(16)22;/h6-8,13,15,20,25H,1,9-12,14H2,2-5H3;1H/t15-,20-,22-,23?;/m1./s1. The van der Waals surface area contributed by atoms with Crippen LogP contribution in [0.3, 0.4) is 0 Å². The molecule has 1 saturated heterocycles. The maximum atomic E-state index is 12.8. The highest BCUT2D eigenvalue weighted by Crippen LogP contribution is 2.61. The van der Waals surface area contributed by atoms with E-state index in [1.54, 1.807) is 6.07 Å². The molecule has 154 valence electrons. The number of likely N-dealkylation sites (tertiary alicyclic amines) is 1. The number of aromatic hydroxyl groups is 1. The second-order valence-electron chi connectivity index (χ2n) is 9.26. The molecule has 4 atom stereocenters. The number of benzene rings is 1. The Bertz CT molecular complexity index is 807. The second kappa shape index (κ2) is 6.86. The second-order valence-corrected chi connectivity index (χ2v) is 9.26. The molecule has 0 aromatic heterocycles. The number of hydrogen-bond acceptors (Lipinski definition) is 4. The van der Waals surface area contributed by atoms with Crippen LogP contribution in [-0.2, 0) is 21.4 Å². The largest absolute Gasteiger partial charge is 0.508 e. The average Bonchev–Trinajstić information content (AvgIpc) is 2.61. The first-order chi connectivity index (χ1) is 12.7. The van der Waals surface area contributed by atoms with E-state index < -0.39 is 5.60 Å². The molecule has 5 heteroatoms. The van der Waals surface area contributed by atoms with E-state index in [0.717, 1.165) is 24.9 Å². The Kier molecular flexibility index (Phi) is 5.23. The SMILES string of the molecule is C=CC(C)(C)N1CC[C@]23CC(=O)C[C@@H](C)C2(OC)[C@H]1Cc1ccc(O)cc13.Cl. The van der Waals surface area contributed by atoms with Gasteiger partial charge in [-0.15, -0.1) is 19.0 Å². The van der Waals surface area contributed by atoms with Gasteiger partial charge in [0.15, 0.2) is 0 Å². The Morgan fingerprint density at radius 3 is 2.71 bits per heavy atom. The minimum absolute atomic E-state index is 0. The van der Waals surface area contributed by atoms with Gasteiger partial charge in [-0.05, 0) is 55.9 Å². The van der Waals surface area contributed by atoms with E-state index in [1.165, 1.54) is 5.56 Å². The molecule has 0 spiro atoms. The van der Waals surface area contributed by atoms with Gasteiger partial charge >= 0.3 is 0 Å². The third-order valence-electron chi connectivity index (χ3n) is 7.76. The lowest BCUT2D eigenvalue weighted by Gasteiger charge is -2.68. The molecule has 0 amide bonds. The van der Waals surface area contributed by atoms with Crippen LogP contribution < -0.4 is 0 Å². The van der Waals surface area contributed by atoms with E-state index in [-0.39, 0.29) is 41.1 Å². The quantitative estimate of drug-likeness (QED) is 0.771. The molecule has 1 aromatic rings. The van der Waals surface area contributed by atoms with Crippen molar-refractivity contribution in [1.82, 2.24) is 4.90 Å². The Hall–Kier alpha value is -1.36. The Morgan fingerprint density at radius 1 is 1.36 bits per heavy atom. The van der Waals surface area contributed by atoms with E-state index in [0.29, 0.717) is 18.6 Å². The zero-order valence-corrected chi connectivity index (χ0v) is 18.1. The molecule has 1 heterocycles. The number of hydrogen-bond donors (Lipinski definition) is 1. The zero-order valence-electron chi connectivity index (χ0n) is 17.3. The number of carbonyl (C=O) groups is 1. The molecule has 0 radical (unpaired) electrons. The number of phenols is 1. The number of ketones is 1. The van der Waals surface area contributed by atoms with Crippen LogP contribution in [0.25, 0.3) is 0 Å². The van der Waals surface area contributed by atoms with Crippen LogP contribution in [0, 0.1) is 5.92 Å². The van der Waals surface area contributed by atoms with Crippen molar-refractivity contribution in [2.24, 2.45) is 5.92 Å². The monoisotopic (exact) mass is 405 g/mol. The first kappa shape index (κ1) is 21.4. The summed E-state index contributed by atoms with van der Waals surface area (Å²) in [5.74, 6) is 0.695. The molecule has 1 N–H and O–H groups in total. The highest BCUT2D eigenvalue weighted by atomic mass is 35.5. The fraction of sp³-hybridized carbons (Fsp3) is 0.609. The van der Waals surface area contributed by atoms with Crippen molar-refractivity contribution in [3.05, 3.63) is 42.0 Å². The molecular weight excluding hydrogens is 374 g/mol. The Labute approximate surface area is 174 Å². The van der Waals surface area contributed by atoms with Gasteiger partial charge in [-0.3, -0.25) is 9.69 Å². The van der Waals surface area contributed by atoms with E-state index in [4.69, 9.17) is 4.74 Å². The third-order valence-corrected chi connectivity index (χ3v) is 7.76. The molecule has 3 aliphatic rings. The first-order valence-electron chi connectivity index (χ1n) is 10.0. The number of carbonyl (C=O) groups excluding carboxylic acids is 1. The Balaban J connectivity index is 0.00000225. The van der Waals surface area contributed by atoms with E-state index in [1.807, 2.05) is 25.3 Å².